The lowest BCUT2D eigenvalue weighted by Gasteiger charge is -2.08. The molecule has 36 heavy (non-hydrogen) atoms. The van der Waals surface area contributed by atoms with Crippen LogP contribution in [0.1, 0.15) is 6.42 Å². The first kappa shape index (κ1) is 22.2. The summed E-state index contributed by atoms with van der Waals surface area (Å²) < 4.78 is 8.54. The van der Waals surface area contributed by atoms with Gasteiger partial charge in [-0.15, -0.1) is 11.3 Å². The maximum Gasteiger partial charge on any atom is 0.186 e. The van der Waals surface area contributed by atoms with Crippen molar-refractivity contribution in [3.63, 3.8) is 0 Å². The molecule has 6 rings (SSSR count). The molecule has 0 aliphatic heterocycles. The molecule has 13 heteroatoms. The van der Waals surface area contributed by atoms with E-state index < -0.39 is 0 Å². The zero-order valence-electron chi connectivity index (χ0n) is 18.7. The highest BCUT2D eigenvalue weighted by atomic mass is 35.5. The molecule has 0 bridgehead atoms. The van der Waals surface area contributed by atoms with Gasteiger partial charge in [-0.25, -0.2) is 24.6 Å². The molecule has 0 amide bonds. The first-order valence-corrected chi connectivity index (χ1v) is 12.2. The summed E-state index contributed by atoms with van der Waals surface area (Å²) in [5.41, 5.74) is 15.7. The zero-order valence-corrected chi connectivity index (χ0v) is 20.3. The number of benzene rings is 1. The van der Waals surface area contributed by atoms with E-state index in [1.54, 1.807) is 0 Å². The molecule has 0 spiro atoms. The molecule has 1 aromatic carbocycles. The maximum absolute atomic E-state index is 6.16. The second-order valence-corrected chi connectivity index (χ2v) is 9.63. The Morgan fingerprint density at radius 3 is 2.67 bits per heavy atom. The zero-order chi connectivity index (χ0) is 24.6. The Labute approximate surface area is 213 Å². The van der Waals surface area contributed by atoms with Crippen LogP contribution in [0.4, 0.5) is 11.6 Å². The Bertz CT molecular complexity index is 1710. The number of aromatic amines is 1. The molecule has 0 saturated carbocycles. The minimum atomic E-state index is 0.371. The van der Waals surface area contributed by atoms with Crippen molar-refractivity contribution in [2.24, 2.45) is 0 Å². The molecular formula is C23H19ClN10OS. The minimum Gasteiger partial charge on any atom is -0.494 e. The van der Waals surface area contributed by atoms with E-state index in [0.29, 0.717) is 52.2 Å². The number of nitrogens with one attached hydrogen (secondary N) is 1. The second kappa shape index (κ2) is 9.06. The summed E-state index contributed by atoms with van der Waals surface area (Å²) in [6.45, 7) is 1.06. The fraction of sp³-hybridized carbons (Fsp3) is 0.130. The number of hydrogen-bond donors (Lipinski definition) is 3. The van der Waals surface area contributed by atoms with Gasteiger partial charge >= 0.3 is 0 Å². The van der Waals surface area contributed by atoms with Crippen LogP contribution in [0, 0.1) is 0 Å². The summed E-state index contributed by atoms with van der Waals surface area (Å²) in [6, 6.07) is 11.4. The normalized spacial score (nSPS) is 11.5. The molecule has 0 aliphatic rings. The first-order valence-electron chi connectivity index (χ1n) is 11.0. The molecule has 6 aromatic rings. The summed E-state index contributed by atoms with van der Waals surface area (Å²) in [4.78, 5) is 17.7. The summed E-state index contributed by atoms with van der Waals surface area (Å²) in [5, 5.41) is 13.4. The molecule has 0 unspecified atom stereocenters. The average Bonchev–Trinajstić information content (AvgIpc) is 3.60. The van der Waals surface area contributed by atoms with Crippen LogP contribution in [0.5, 0.6) is 5.75 Å². The lowest BCUT2D eigenvalue weighted by atomic mass is 10.1. The number of H-pyrrole nitrogens is 1. The fourth-order valence-electron chi connectivity index (χ4n) is 4.03. The largest absolute Gasteiger partial charge is 0.494 e. The number of nitrogens with two attached hydrogens (primary N) is 2. The average molecular weight is 519 g/mol. The number of ether oxygens (including phenoxy) is 1. The summed E-state index contributed by atoms with van der Waals surface area (Å²) in [5.74, 6) is 1.47. The highest BCUT2D eigenvalue weighted by Gasteiger charge is 2.18. The molecule has 0 radical (unpaired) electrons. The van der Waals surface area contributed by atoms with Crippen molar-refractivity contribution in [1.82, 2.24) is 39.9 Å². The number of hydrogen-bond acceptors (Lipinski definition) is 10. The van der Waals surface area contributed by atoms with Crippen LogP contribution in [0.25, 0.3) is 43.9 Å². The number of halogens is 1. The molecule has 0 atom stereocenters. The number of aromatic nitrogens is 8. The van der Waals surface area contributed by atoms with Gasteiger partial charge in [-0.1, -0.05) is 23.7 Å². The van der Waals surface area contributed by atoms with E-state index >= 15 is 0 Å². The maximum atomic E-state index is 6.16. The van der Waals surface area contributed by atoms with Crippen molar-refractivity contribution in [3.05, 3.63) is 53.4 Å². The van der Waals surface area contributed by atoms with Gasteiger partial charge in [-0.2, -0.15) is 10.2 Å². The number of thiophene rings is 1. The minimum absolute atomic E-state index is 0.371. The summed E-state index contributed by atoms with van der Waals surface area (Å²) >= 11 is 7.57. The Morgan fingerprint density at radius 1 is 1.00 bits per heavy atom. The number of aryl methyl sites for hydroxylation is 1. The number of nitrogen functional groups attached to an aromatic ring is 2. The van der Waals surface area contributed by atoms with Gasteiger partial charge in [-0.05, 0) is 24.3 Å². The van der Waals surface area contributed by atoms with E-state index in [0.717, 1.165) is 33.0 Å². The molecule has 11 nitrogen and oxygen atoms in total. The van der Waals surface area contributed by atoms with Crippen LogP contribution in [-0.2, 0) is 6.54 Å². The highest BCUT2D eigenvalue weighted by Crippen LogP contribution is 2.36. The molecule has 0 saturated heterocycles. The van der Waals surface area contributed by atoms with Crippen molar-refractivity contribution in [3.8, 4) is 27.6 Å². The third-order valence-corrected chi connectivity index (χ3v) is 6.89. The topological polar surface area (TPSA) is 159 Å². The number of rotatable bonds is 7. The van der Waals surface area contributed by atoms with E-state index in [1.165, 1.54) is 24.0 Å². The van der Waals surface area contributed by atoms with Gasteiger partial charge in [0.05, 0.1) is 32.3 Å². The van der Waals surface area contributed by atoms with Gasteiger partial charge in [0, 0.05) is 18.5 Å². The third kappa shape index (κ3) is 3.95. The molecule has 0 fully saturated rings. The van der Waals surface area contributed by atoms with Gasteiger partial charge in [0.1, 0.15) is 35.7 Å². The van der Waals surface area contributed by atoms with Crippen molar-refractivity contribution in [2.75, 3.05) is 18.1 Å². The summed E-state index contributed by atoms with van der Waals surface area (Å²) in [7, 11) is 0. The number of nitrogens with zero attached hydrogens (tertiary/aromatic N) is 7. The number of anilines is 2. The lowest BCUT2D eigenvalue weighted by molar-refractivity contribution is 0.300. The lowest BCUT2D eigenvalue weighted by Crippen LogP contribution is -2.07. The molecule has 5 aromatic heterocycles. The van der Waals surface area contributed by atoms with E-state index in [-0.39, 0.29) is 0 Å². The molecular weight excluding hydrogens is 500 g/mol. The van der Waals surface area contributed by atoms with E-state index in [1.807, 2.05) is 41.1 Å². The SMILES string of the molecule is Nc1ncnc2n[nH]c(-c3cccc(OCCCn4nc(-c5ccc(Cl)s5)c5c(N)ncnc54)c3)c12. The Kier molecular flexibility index (Phi) is 5.58. The van der Waals surface area contributed by atoms with Crippen LogP contribution in [0.3, 0.4) is 0 Å². The quantitative estimate of drug-likeness (QED) is 0.263. The Hall–Kier alpha value is -4.29. The van der Waals surface area contributed by atoms with E-state index in [2.05, 4.69) is 30.1 Å². The fourth-order valence-corrected chi connectivity index (χ4v) is 5.07. The van der Waals surface area contributed by atoms with Gasteiger partial charge in [0.2, 0.25) is 0 Å². The number of fused-ring (bicyclic) bond motifs is 2. The van der Waals surface area contributed by atoms with Gasteiger partial charge in [0.15, 0.2) is 11.3 Å². The predicted molar refractivity (Wildman–Crippen MR) is 140 cm³/mol. The van der Waals surface area contributed by atoms with Crippen molar-refractivity contribution < 1.29 is 4.74 Å². The predicted octanol–water partition coefficient (Wildman–Crippen LogP) is 4.18. The standard InChI is InChI=1S/C23H19ClN10OS/c24-15-6-5-14(36-15)19-17-21(26)28-11-30-23(17)34(33-19)7-2-8-35-13-4-1-3-12(9-13)18-16-20(25)27-10-29-22(16)32-31-18/h1,3-6,9-11H,2,7-8H2,(H2,26,28,30)(H3,25,27,29,31,32). The van der Waals surface area contributed by atoms with E-state index in [9.17, 15) is 0 Å². The first-order chi connectivity index (χ1) is 17.6. The van der Waals surface area contributed by atoms with E-state index in [4.69, 9.17) is 32.9 Å². The highest BCUT2D eigenvalue weighted by molar-refractivity contribution is 7.19. The molecule has 5 heterocycles. The van der Waals surface area contributed by atoms with Crippen LogP contribution in [0.15, 0.2) is 49.1 Å². The Balaban J connectivity index is 1.18. The van der Waals surface area contributed by atoms with Crippen LogP contribution >= 0.6 is 22.9 Å². The van der Waals surface area contributed by atoms with Crippen LogP contribution in [0.2, 0.25) is 4.34 Å². The van der Waals surface area contributed by atoms with Crippen LogP contribution < -0.4 is 16.2 Å². The molecule has 5 N–H and O–H groups in total. The van der Waals surface area contributed by atoms with Gasteiger partial charge in [-0.3, -0.25) is 5.10 Å². The van der Waals surface area contributed by atoms with Crippen LogP contribution in [-0.4, -0.2) is 46.5 Å². The third-order valence-electron chi connectivity index (χ3n) is 5.65. The monoisotopic (exact) mass is 518 g/mol. The summed E-state index contributed by atoms with van der Waals surface area (Å²) in [6.07, 6.45) is 3.53. The second-order valence-electron chi connectivity index (χ2n) is 7.92. The van der Waals surface area contributed by atoms with Crippen molar-refractivity contribution in [2.45, 2.75) is 13.0 Å². The Morgan fingerprint density at radius 2 is 1.83 bits per heavy atom. The van der Waals surface area contributed by atoms with Crippen molar-refractivity contribution in [1.29, 1.82) is 0 Å². The van der Waals surface area contributed by atoms with Gasteiger partial charge < -0.3 is 16.2 Å². The smallest absolute Gasteiger partial charge is 0.186 e. The molecule has 0 aliphatic carbocycles. The molecule has 180 valence electrons. The van der Waals surface area contributed by atoms with Gasteiger partial charge in [0.25, 0.3) is 0 Å². The van der Waals surface area contributed by atoms with Crippen molar-refractivity contribution >= 4 is 56.6 Å².